The van der Waals surface area contributed by atoms with Crippen LogP contribution in [0.25, 0.3) is 0 Å². The molecule has 1 aliphatic carbocycles. The number of benzene rings is 2. The molecule has 33 heavy (non-hydrogen) atoms. The van der Waals surface area contributed by atoms with Crippen molar-refractivity contribution in [2.45, 2.75) is 64.2 Å². The Morgan fingerprint density at radius 1 is 0.970 bits per heavy atom. The summed E-state index contributed by atoms with van der Waals surface area (Å²) in [5.74, 6) is 1.06. The van der Waals surface area contributed by atoms with E-state index >= 15 is 0 Å². The van der Waals surface area contributed by atoms with Crippen LogP contribution >= 0.6 is 0 Å². The molecule has 2 atom stereocenters. The van der Waals surface area contributed by atoms with Gasteiger partial charge in [0.25, 0.3) is 5.91 Å². The number of aliphatic imine (C=N–C) groups is 1. The standard InChI is InChI=1S/C28H32N4O/c1-20-8-7-11-22(16-20)18-31-27(33)23-19-30(17-21-9-3-2-4-10-21)15-14-25(23)32-26-13-6-5-12-24(26)29-28(31)32/h2-4,7-11,16,24,26H,5-6,12-15,17-19H2,1H3. The van der Waals surface area contributed by atoms with Gasteiger partial charge in [0.05, 0.1) is 24.2 Å². The molecular weight excluding hydrogens is 408 g/mol. The van der Waals surface area contributed by atoms with Crippen LogP contribution in [0.3, 0.4) is 0 Å². The van der Waals surface area contributed by atoms with E-state index in [4.69, 9.17) is 4.99 Å². The topological polar surface area (TPSA) is 39.2 Å². The molecule has 2 unspecified atom stereocenters. The third kappa shape index (κ3) is 3.78. The molecule has 3 aliphatic heterocycles. The van der Waals surface area contributed by atoms with Crippen molar-refractivity contribution >= 4 is 11.9 Å². The highest BCUT2D eigenvalue weighted by molar-refractivity contribution is 6.10. The molecule has 0 aromatic heterocycles. The van der Waals surface area contributed by atoms with Gasteiger partial charge in [-0.05, 0) is 30.9 Å². The first-order valence-corrected chi connectivity index (χ1v) is 12.4. The van der Waals surface area contributed by atoms with Crippen molar-refractivity contribution in [2.75, 3.05) is 13.1 Å². The Kier molecular flexibility index (Phi) is 5.30. The molecule has 3 heterocycles. The molecule has 170 valence electrons. The molecule has 2 aromatic rings. The van der Waals surface area contributed by atoms with Crippen molar-refractivity contribution < 1.29 is 4.79 Å². The maximum absolute atomic E-state index is 13.9. The summed E-state index contributed by atoms with van der Waals surface area (Å²) >= 11 is 0. The van der Waals surface area contributed by atoms with Crippen LogP contribution in [0, 0.1) is 6.92 Å². The first-order chi connectivity index (χ1) is 16.2. The minimum Gasteiger partial charge on any atom is -0.310 e. The second-order valence-electron chi connectivity index (χ2n) is 9.97. The fourth-order valence-corrected chi connectivity index (χ4v) is 6.05. The maximum Gasteiger partial charge on any atom is 0.259 e. The van der Waals surface area contributed by atoms with Gasteiger partial charge < -0.3 is 4.90 Å². The van der Waals surface area contributed by atoms with E-state index in [1.54, 1.807) is 0 Å². The highest BCUT2D eigenvalue weighted by Gasteiger charge is 2.48. The number of nitrogens with zero attached hydrogens (tertiary/aromatic N) is 4. The number of fused-ring (bicyclic) bond motifs is 4. The lowest BCUT2D eigenvalue weighted by atomic mass is 9.89. The van der Waals surface area contributed by atoms with E-state index in [0.29, 0.717) is 25.2 Å². The first-order valence-electron chi connectivity index (χ1n) is 12.4. The molecule has 0 N–H and O–H groups in total. The number of amides is 1. The monoisotopic (exact) mass is 440 g/mol. The lowest BCUT2D eigenvalue weighted by Crippen LogP contribution is -2.56. The summed E-state index contributed by atoms with van der Waals surface area (Å²) in [6.07, 6.45) is 5.74. The van der Waals surface area contributed by atoms with E-state index in [9.17, 15) is 4.79 Å². The second-order valence-corrected chi connectivity index (χ2v) is 9.97. The van der Waals surface area contributed by atoms with Gasteiger partial charge in [0.15, 0.2) is 0 Å². The molecule has 1 amide bonds. The molecule has 0 spiro atoms. The summed E-state index contributed by atoms with van der Waals surface area (Å²) in [6.45, 7) is 5.29. The fraction of sp³-hybridized carbons (Fsp3) is 0.429. The van der Waals surface area contributed by atoms with E-state index < -0.39 is 0 Å². The molecule has 2 aromatic carbocycles. The molecule has 5 heteroatoms. The van der Waals surface area contributed by atoms with Crippen LogP contribution in [0.15, 0.2) is 70.9 Å². The van der Waals surface area contributed by atoms with Crippen LogP contribution < -0.4 is 0 Å². The second kappa shape index (κ2) is 8.45. The van der Waals surface area contributed by atoms with Crippen LogP contribution in [0.2, 0.25) is 0 Å². The summed E-state index contributed by atoms with van der Waals surface area (Å²) in [6, 6.07) is 19.9. The number of hydrogen-bond acceptors (Lipinski definition) is 4. The lowest BCUT2D eigenvalue weighted by molar-refractivity contribution is -0.125. The average Bonchev–Trinajstić information content (AvgIpc) is 3.22. The number of aryl methyl sites for hydroxylation is 1. The van der Waals surface area contributed by atoms with Gasteiger partial charge in [0, 0.05) is 31.8 Å². The number of guanidine groups is 1. The van der Waals surface area contributed by atoms with Gasteiger partial charge in [0.2, 0.25) is 5.96 Å². The van der Waals surface area contributed by atoms with Crippen molar-refractivity contribution in [3.05, 3.63) is 82.6 Å². The predicted octanol–water partition coefficient (Wildman–Crippen LogP) is 4.48. The van der Waals surface area contributed by atoms with Gasteiger partial charge in [-0.3, -0.25) is 14.6 Å². The van der Waals surface area contributed by atoms with Crippen molar-refractivity contribution in [2.24, 2.45) is 4.99 Å². The summed E-state index contributed by atoms with van der Waals surface area (Å²) < 4.78 is 0. The molecular formula is C28H32N4O. The van der Waals surface area contributed by atoms with E-state index in [2.05, 4.69) is 71.3 Å². The summed E-state index contributed by atoms with van der Waals surface area (Å²) in [7, 11) is 0. The van der Waals surface area contributed by atoms with Gasteiger partial charge in [-0.2, -0.15) is 0 Å². The van der Waals surface area contributed by atoms with Crippen LogP contribution in [0.4, 0.5) is 0 Å². The van der Waals surface area contributed by atoms with Crippen LogP contribution in [0.5, 0.6) is 0 Å². The molecule has 0 radical (unpaired) electrons. The number of hydrogen-bond donors (Lipinski definition) is 0. The summed E-state index contributed by atoms with van der Waals surface area (Å²) in [4.78, 5) is 26.0. The Bertz CT molecular complexity index is 1120. The minimum atomic E-state index is 0.151. The van der Waals surface area contributed by atoms with Crippen molar-refractivity contribution in [3.63, 3.8) is 0 Å². The molecule has 0 bridgehead atoms. The van der Waals surface area contributed by atoms with Crippen LogP contribution in [-0.2, 0) is 17.9 Å². The van der Waals surface area contributed by atoms with Gasteiger partial charge in [-0.25, -0.2) is 4.99 Å². The van der Waals surface area contributed by atoms with Crippen LogP contribution in [-0.4, -0.2) is 51.7 Å². The highest BCUT2D eigenvalue weighted by atomic mass is 16.2. The van der Waals surface area contributed by atoms with E-state index in [1.165, 1.54) is 41.6 Å². The average molecular weight is 441 g/mol. The Balaban J connectivity index is 1.34. The fourth-order valence-electron chi connectivity index (χ4n) is 6.05. The zero-order valence-corrected chi connectivity index (χ0v) is 19.4. The number of carbonyl (C=O) groups is 1. The van der Waals surface area contributed by atoms with E-state index in [-0.39, 0.29) is 5.91 Å². The zero-order valence-electron chi connectivity index (χ0n) is 19.4. The molecule has 0 saturated heterocycles. The molecule has 1 saturated carbocycles. The smallest absolute Gasteiger partial charge is 0.259 e. The van der Waals surface area contributed by atoms with E-state index in [0.717, 1.165) is 37.5 Å². The van der Waals surface area contributed by atoms with Crippen molar-refractivity contribution in [1.82, 2.24) is 14.7 Å². The Morgan fingerprint density at radius 3 is 2.64 bits per heavy atom. The Labute approximate surface area is 196 Å². The normalized spacial score (nSPS) is 25.0. The quantitative estimate of drug-likeness (QED) is 0.704. The molecule has 1 fully saturated rings. The van der Waals surface area contributed by atoms with E-state index in [1.807, 2.05) is 4.90 Å². The first kappa shape index (κ1) is 20.7. The number of carbonyl (C=O) groups excluding carboxylic acids is 1. The largest absolute Gasteiger partial charge is 0.310 e. The zero-order chi connectivity index (χ0) is 22.4. The summed E-state index contributed by atoms with van der Waals surface area (Å²) in [5.41, 5.74) is 5.93. The number of rotatable bonds is 4. The third-order valence-electron chi connectivity index (χ3n) is 7.62. The molecule has 5 nitrogen and oxygen atoms in total. The molecule has 6 rings (SSSR count). The Morgan fingerprint density at radius 2 is 1.79 bits per heavy atom. The Hall–Kier alpha value is -2.92. The maximum atomic E-state index is 13.9. The van der Waals surface area contributed by atoms with Gasteiger partial charge in [-0.15, -0.1) is 0 Å². The predicted molar refractivity (Wildman–Crippen MR) is 130 cm³/mol. The third-order valence-corrected chi connectivity index (χ3v) is 7.62. The van der Waals surface area contributed by atoms with Crippen molar-refractivity contribution in [1.29, 1.82) is 0 Å². The van der Waals surface area contributed by atoms with Gasteiger partial charge >= 0.3 is 0 Å². The van der Waals surface area contributed by atoms with Gasteiger partial charge in [-0.1, -0.05) is 73.0 Å². The van der Waals surface area contributed by atoms with Crippen LogP contribution in [0.1, 0.15) is 48.8 Å². The highest BCUT2D eigenvalue weighted by Crippen LogP contribution is 2.40. The molecule has 4 aliphatic rings. The minimum absolute atomic E-state index is 0.151. The lowest BCUT2D eigenvalue weighted by Gasteiger charge is -2.45. The SMILES string of the molecule is Cc1cccc(CN2C(=O)C3=C(CCN(Cc4ccccc4)C3)N3C2=NC2CCCCC23)c1. The van der Waals surface area contributed by atoms with Crippen molar-refractivity contribution in [3.8, 4) is 0 Å². The summed E-state index contributed by atoms with van der Waals surface area (Å²) in [5, 5.41) is 0. The van der Waals surface area contributed by atoms with Gasteiger partial charge in [0.1, 0.15) is 0 Å².